The van der Waals surface area contributed by atoms with Crippen molar-refractivity contribution in [1.29, 1.82) is 0 Å². The summed E-state index contributed by atoms with van der Waals surface area (Å²) in [6, 6.07) is 0. The molecule has 0 aromatic rings. The molecular formula is C5H10O. The van der Waals surface area contributed by atoms with Gasteiger partial charge in [-0.25, -0.2) is 0 Å². The van der Waals surface area contributed by atoms with Crippen LogP contribution in [0.5, 0.6) is 0 Å². The first-order chi connectivity index (χ1) is 2.84. The van der Waals surface area contributed by atoms with Gasteiger partial charge in [0.1, 0.15) is 0 Å². The van der Waals surface area contributed by atoms with Gasteiger partial charge in [-0.1, -0.05) is 6.92 Å². The zero-order valence-corrected chi connectivity index (χ0v) is 4.27. The predicted octanol–water partition coefficient (Wildman–Crippen LogP) is 1.18. The van der Waals surface area contributed by atoms with Gasteiger partial charge in [-0.15, -0.1) is 0 Å². The van der Waals surface area contributed by atoms with Crippen molar-refractivity contribution >= 4 is 0 Å². The minimum absolute atomic E-state index is 0.565. The minimum Gasteiger partial charge on any atom is -0.370 e. The fourth-order valence-corrected chi connectivity index (χ4v) is 0.659. The van der Waals surface area contributed by atoms with Crippen LogP contribution in [-0.2, 0) is 4.74 Å². The molecule has 1 aliphatic heterocycles. The molecule has 2 atom stereocenters. The quantitative estimate of drug-likeness (QED) is 0.436. The van der Waals surface area contributed by atoms with E-state index in [9.17, 15) is 0 Å². The summed E-state index contributed by atoms with van der Waals surface area (Å²) in [5.41, 5.74) is 0. The lowest BCUT2D eigenvalue weighted by atomic mass is 10.3. The summed E-state index contributed by atoms with van der Waals surface area (Å²) in [5, 5.41) is 0. The van der Waals surface area contributed by atoms with Crippen molar-refractivity contribution < 1.29 is 4.74 Å². The van der Waals surface area contributed by atoms with Gasteiger partial charge in [-0.2, -0.15) is 0 Å². The summed E-state index contributed by atoms with van der Waals surface area (Å²) in [7, 11) is 0. The van der Waals surface area contributed by atoms with Crippen molar-refractivity contribution in [1.82, 2.24) is 0 Å². The van der Waals surface area contributed by atoms with Crippen LogP contribution in [0.1, 0.15) is 20.3 Å². The molecule has 1 saturated heterocycles. The number of hydrogen-bond donors (Lipinski definition) is 0. The molecule has 1 aliphatic rings. The highest BCUT2D eigenvalue weighted by Crippen LogP contribution is 2.22. The second-order valence-corrected chi connectivity index (χ2v) is 1.79. The van der Waals surface area contributed by atoms with Gasteiger partial charge < -0.3 is 4.74 Å². The molecule has 0 aliphatic carbocycles. The summed E-state index contributed by atoms with van der Waals surface area (Å²) in [5.74, 6) is 0. The molecule has 1 nitrogen and oxygen atoms in total. The molecule has 1 heterocycles. The van der Waals surface area contributed by atoms with Crippen molar-refractivity contribution in [2.24, 2.45) is 0 Å². The molecule has 36 valence electrons. The molecule has 0 aromatic heterocycles. The lowest BCUT2D eigenvalue weighted by Crippen LogP contribution is -1.81. The number of hydrogen-bond acceptors (Lipinski definition) is 1. The van der Waals surface area contributed by atoms with E-state index >= 15 is 0 Å². The van der Waals surface area contributed by atoms with E-state index in [1.54, 1.807) is 0 Å². The standard InChI is InChI=1S/C5H10O/c1-3-5-4(2)6-5/h4-5H,3H2,1-2H3/t4-,5-/m0/s1. The Labute approximate surface area is 38.3 Å². The Morgan fingerprint density at radius 3 is 2.17 bits per heavy atom. The molecular weight excluding hydrogens is 76.1 g/mol. The van der Waals surface area contributed by atoms with Crippen LogP contribution < -0.4 is 0 Å². The van der Waals surface area contributed by atoms with Crippen LogP contribution >= 0.6 is 0 Å². The van der Waals surface area contributed by atoms with Gasteiger partial charge in [0.15, 0.2) is 0 Å². The number of ether oxygens (including phenoxy) is 1. The molecule has 0 spiro atoms. The van der Waals surface area contributed by atoms with Crippen LogP contribution in [0.15, 0.2) is 0 Å². The Balaban J connectivity index is 2.09. The van der Waals surface area contributed by atoms with Gasteiger partial charge in [-0.3, -0.25) is 0 Å². The highest BCUT2D eigenvalue weighted by molar-refractivity contribution is 4.77. The van der Waals surface area contributed by atoms with E-state index < -0.39 is 0 Å². The first kappa shape index (κ1) is 4.13. The fraction of sp³-hybridized carbons (Fsp3) is 1.00. The van der Waals surface area contributed by atoms with Gasteiger partial charge in [0.05, 0.1) is 12.2 Å². The maximum atomic E-state index is 5.07. The van der Waals surface area contributed by atoms with E-state index in [2.05, 4.69) is 13.8 Å². The van der Waals surface area contributed by atoms with Crippen LogP contribution in [0.3, 0.4) is 0 Å². The molecule has 1 heteroatoms. The molecule has 1 rings (SSSR count). The van der Waals surface area contributed by atoms with Crippen molar-refractivity contribution in [2.45, 2.75) is 32.5 Å². The fourth-order valence-electron chi connectivity index (χ4n) is 0.659. The summed E-state index contributed by atoms with van der Waals surface area (Å²) < 4.78 is 5.07. The van der Waals surface area contributed by atoms with Crippen molar-refractivity contribution in [3.63, 3.8) is 0 Å². The molecule has 0 bridgehead atoms. The van der Waals surface area contributed by atoms with Crippen LogP contribution in [0, 0.1) is 0 Å². The van der Waals surface area contributed by atoms with E-state index in [-0.39, 0.29) is 0 Å². The van der Waals surface area contributed by atoms with Crippen molar-refractivity contribution in [3.8, 4) is 0 Å². The largest absolute Gasteiger partial charge is 0.370 e. The Hall–Kier alpha value is -0.0400. The molecule has 0 N–H and O–H groups in total. The second kappa shape index (κ2) is 1.23. The Morgan fingerprint density at radius 1 is 1.67 bits per heavy atom. The SMILES string of the molecule is CC[C@@H]1O[C@H]1C. The van der Waals surface area contributed by atoms with E-state index in [4.69, 9.17) is 4.74 Å². The zero-order valence-electron chi connectivity index (χ0n) is 4.27. The van der Waals surface area contributed by atoms with E-state index in [1.165, 1.54) is 6.42 Å². The van der Waals surface area contributed by atoms with Gasteiger partial charge in [-0.05, 0) is 13.3 Å². The topological polar surface area (TPSA) is 12.5 Å². The molecule has 0 amide bonds. The first-order valence-electron chi connectivity index (χ1n) is 2.50. The Kier molecular flexibility index (Phi) is 0.845. The molecule has 0 unspecified atom stereocenters. The number of epoxide rings is 1. The predicted molar refractivity (Wildman–Crippen MR) is 24.6 cm³/mol. The van der Waals surface area contributed by atoms with Crippen molar-refractivity contribution in [2.75, 3.05) is 0 Å². The van der Waals surface area contributed by atoms with Gasteiger partial charge in [0, 0.05) is 0 Å². The highest BCUT2D eigenvalue weighted by Gasteiger charge is 2.31. The van der Waals surface area contributed by atoms with Gasteiger partial charge >= 0.3 is 0 Å². The van der Waals surface area contributed by atoms with Crippen LogP contribution in [-0.4, -0.2) is 12.2 Å². The maximum absolute atomic E-state index is 5.07. The molecule has 0 saturated carbocycles. The van der Waals surface area contributed by atoms with Gasteiger partial charge in [0.2, 0.25) is 0 Å². The third-order valence-corrected chi connectivity index (χ3v) is 1.24. The monoisotopic (exact) mass is 86.1 g/mol. The highest BCUT2D eigenvalue weighted by atomic mass is 16.6. The smallest absolute Gasteiger partial charge is 0.0836 e. The van der Waals surface area contributed by atoms with Crippen molar-refractivity contribution in [3.05, 3.63) is 0 Å². The minimum atomic E-state index is 0.565. The number of rotatable bonds is 1. The summed E-state index contributed by atoms with van der Waals surface area (Å²) in [4.78, 5) is 0. The van der Waals surface area contributed by atoms with Crippen LogP contribution in [0.2, 0.25) is 0 Å². The zero-order chi connectivity index (χ0) is 4.57. The summed E-state index contributed by atoms with van der Waals surface area (Å²) in [6.45, 7) is 4.25. The van der Waals surface area contributed by atoms with Crippen LogP contribution in [0.25, 0.3) is 0 Å². The summed E-state index contributed by atoms with van der Waals surface area (Å²) in [6.07, 6.45) is 2.35. The Morgan fingerprint density at radius 2 is 2.17 bits per heavy atom. The average Bonchev–Trinajstić information content (AvgIpc) is 2.19. The summed E-state index contributed by atoms with van der Waals surface area (Å²) >= 11 is 0. The second-order valence-electron chi connectivity index (χ2n) is 1.79. The normalized spacial score (nSPS) is 43.0. The first-order valence-corrected chi connectivity index (χ1v) is 2.50. The third kappa shape index (κ3) is 0.548. The molecule has 0 aromatic carbocycles. The average molecular weight is 86.1 g/mol. The lowest BCUT2D eigenvalue weighted by Gasteiger charge is -1.72. The molecule has 0 radical (unpaired) electrons. The Bertz CT molecular complexity index is 49.9. The van der Waals surface area contributed by atoms with E-state index in [0.717, 1.165) is 0 Å². The molecule has 1 fully saturated rings. The van der Waals surface area contributed by atoms with E-state index in [1.807, 2.05) is 0 Å². The lowest BCUT2D eigenvalue weighted by molar-refractivity contribution is 0.375. The van der Waals surface area contributed by atoms with Gasteiger partial charge in [0.25, 0.3) is 0 Å². The van der Waals surface area contributed by atoms with E-state index in [0.29, 0.717) is 12.2 Å². The third-order valence-electron chi connectivity index (χ3n) is 1.24. The maximum Gasteiger partial charge on any atom is 0.0836 e. The van der Waals surface area contributed by atoms with Crippen LogP contribution in [0.4, 0.5) is 0 Å². The molecule has 6 heavy (non-hydrogen) atoms.